The first kappa shape index (κ1) is 11.0. The number of carboxylic acid groups (broad SMARTS) is 1. The largest absolute Gasteiger partial charge is 0.481 e. The second kappa shape index (κ2) is 3.51. The van der Waals surface area contributed by atoms with Crippen LogP contribution in [0.1, 0.15) is 31.9 Å². The molecule has 2 rings (SSSR count). The van der Waals surface area contributed by atoms with E-state index in [0.29, 0.717) is 6.04 Å². The molecule has 1 heterocycles. The molecule has 1 aliphatic rings. The summed E-state index contributed by atoms with van der Waals surface area (Å²) in [4.78, 5) is 11.2. The van der Waals surface area contributed by atoms with Crippen LogP contribution in [0.5, 0.6) is 0 Å². The van der Waals surface area contributed by atoms with Crippen molar-refractivity contribution in [1.29, 1.82) is 0 Å². The Morgan fingerprint density at radius 3 is 2.81 bits per heavy atom. The number of hydrogen-bond acceptors (Lipinski definition) is 2. The van der Waals surface area contributed by atoms with E-state index in [1.807, 2.05) is 18.2 Å². The van der Waals surface area contributed by atoms with E-state index < -0.39 is 11.4 Å². The Balaban J connectivity index is 2.40. The maximum Gasteiger partial charge on any atom is 0.313 e. The number of benzene rings is 1. The summed E-state index contributed by atoms with van der Waals surface area (Å²) in [5, 5.41) is 12.5. The third-order valence-corrected chi connectivity index (χ3v) is 3.29. The summed E-state index contributed by atoms with van der Waals surface area (Å²) in [5.41, 5.74) is 2.37. The Labute approximate surface area is 95.5 Å². The van der Waals surface area contributed by atoms with E-state index in [2.05, 4.69) is 12.2 Å². The molecular weight excluding hydrogens is 202 g/mol. The predicted molar refractivity (Wildman–Crippen MR) is 63.9 cm³/mol. The molecule has 0 spiro atoms. The highest BCUT2D eigenvalue weighted by Gasteiger charge is 2.30. The number of nitrogens with one attached hydrogen (secondary N) is 1. The second-order valence-corrected chi connectivity index (χ2v) is 5.05. The zero-order chi connectivity index (χ0) is 11.9. The standard InChI is InChI=1S/C13H17NO2/c1-8-6-9-4-5-10(7-11(9)14-8)13(2,3)12(15)16/h4-5,7-8,14H,6H2,1-3H3,(H,15,16). The van der Waals surface area contributed by atoms with Gasteiger partial charge in [-0.15, -0.1) is 0 Å². The second-order valence-electron chi connectivity index (χ2n) is 5.05. The molecule has 1 aliphatic heterocycles. The van der Waals surface area contributed by atoms with E-state index in [9.17, 15) is 9.90 Å². The molecule has 1 aromatic rings. The van der Waals surface area contributed by atoms with Crippen LogP contribution in [0, 0.1) is 0 Å². The van der Waals surface area contributed by atoms with Crippen LogP contribution in [0.4, 0.5) is 5.69 Å². The van der Waals surface area contributed by atoms with Gasteiger partial charge in [-0.2, -0.15) is 0 Å². The fourth-order valence-corrected chi connectivity index (χ4v) is 2.05. The number of hydrogen-bond donors (Lipinski definition) is 2. The van der Waals surface area contributed by atoms with Gasteiger partial charge in [-0.1, -0.05) is 12.1 Å². The van der Waals surface area contributed by atoms with Gasteiger partial charge in [-0.25, -0.2) is 0 Å². The Bertz CT molecular complexity index is 438. The van der Waals surface area contributed by atoms with Crippen LogP contribution in [0.15, 0.2) is 18.2 Å². The van der Waals surface area contributed by atoms with Crippen LogP contribution < -0.4 is 5.32 Å². The Kier molecular flexibility index (Phi) is 2.41. The van der Waals surface area contributed by atoms with Crippen molar-refractivity contribution >= 4 is 11.7 Å². The van der Waals surface area contributed by atoms with Crippen molar-refractivity contribution in [2.75, 3.05) is 5.32 Å². The zero-order valence-electron chi connectivity index (χ0n) is 9.87. The molecule has 0 fully saturated rings. The van der Waals surface area contributed by atoms with Gasteiger partial charge in [0.2, 0.25) is 0 Å². The molecule has 0 bridgehead atoms. The molecule has 1 atom stereocenters. The van der Waals surface area contributed by atoms with Crippen molar-refractivity contribution in [3.63, 3.8) is 0 Å². The van der Waals surface area contributed by atoms with E-state index in [0.717, 1.165) is 17.7 Å². The van der Waals surface area contributed by atoms with Gasteiger partial charge >= 0.3 is 5.97 Å². The molecule has 0 aromatic heterocycles. The molecule has 16 heavy (non-hydrogen) atoms. The molecule has 3 heteroatoms. The molecule has 1 unspecified atom stereocenters. The number of rotatable bonds is 2. The van der Waals surface area contributed by atoms with Crippen molar-refractivity contribution < 1.29 is 9.90 Å². The van der Waals surface area contributed by atoms with Crippen molar-refractivity contribution in [2.45, 2.75) is 38.6 Å². The average molecular weight is 219 g/mol. The van der Waals surface area contributed by atoms with Gasteiger partial charge in [-0.05, 0) is 44.4 Å². The highest BCUT2D eigenvalue weighted by Crippen LogP contribution is 2.32. The van der Waals surface area contributed by atoms with E-state index >= 15 is 0 Å². The van der Waals surface area contributed by atoms with E-state index in [1.54, 1.807) is 13.8 Å². The Morgan fingerprint density at radius 1 is 1.50 bits per heavy atom. The average Bonchev–Trinajstić information content (AvgIpc) is 2.56. The van der Waals surface area contributed by atoms with Crippen LogP contribution in [0.25, 0.3) is 0 Å². The molecule has 0 aliphatic carbocycles. The van der Waals surface area contributed by atoms with E-state index in [-0.39, 0.29) is 0 Å². The number of carbonyl (C=O) groups is 1. The number of fused-ring (bicyclic) bond motifs is 1. The third-order valence-electron chi connectivity index (χ3n) is 3.29. The summed E-state index contributed by atoms with van der Waals surface area (Å²) < 4.78 is 0. The SMILES string of the molecule is CC1Cc2ccc(C(C)(C)C(=O)O)cc2N1. The lowest BCUT2D eigenvalue weighted by Crippen LogP contribution is -2.28. The van der Waals surface area contributed by atoms with Gasteiger partial charge in [0, 0.05) is 11.7 Å². The van der Waals surface area contributed by atoms with Gasteiger partial charge in [-0.3, -0.25) is 4.79 Å². The fraction of sp³-hybridized carbons (Fsp3) is 0.462. The topological polar surface area (TPSA) is 49.3 Å². The number of aliphatic carboxylic acids is 1. The Hall–Kier alpha value is -1.51. The molecular formula is C13H17NO2. The minimum atomic E-state index is -0.831. The summed E-state index contributed by atoms with van der Waals surface area (Å²) in [6.07, 6.45) is 1.02. The van der Waals surface area contributed by atoms with Crippen LogP contribution in [-0.2, 0) is 16.6 Å². The van der Waals surface area contributed by atoms with Gasteiger partial charge in [0.15, 0.2) is 0 Å². The summed E-state index contributed by atoms with van der Waals surface area (Å²) >= 11 is 0. The highest BCUT2D eigenvalue weighted by molar-refractivity contribution is 5.81. The normalized spacial score (nSPS) is 19.1. The number of carboxylic acids is 1. The minimum Gasteiger partial charge on any atom is -0.481 e. The maximum atomic E-state index is 11.2. The van der Waals surface area contributed by atoms with Crippen LogP contribution in [0.2, 0.25) is 0 Å². The monoisotopic (exact) mass is 219 g/mol. The van der Waals surface area contributed by atoms with Crippen molar-refractivity contribution in [3.05, 3.63) is 29.3 Å². The van der Waals surface area contributed by atoms with Gasteiger partial charge in [0.05, 0.1) is 5.41 Å². The molecule has 1 aromatic carbocycles. The molecule has 3 nitrogen and oxygen atoms in total. The summed E-state index contributed by atoms with van der Waals surface area (Å²) in [6, 6.07) is 6.36. The van der Waals surface area contributed by atoms with Crippen molar-refractivity contribution in [3.8, 4) is 0 Å². The van der Waals surface area contributed by atoms with E-state index in [1.165, 1.54) is 5.56 Å². The van der Waals surface area contributed by atoms with E-state index in [4.69, 9.17) is 0 Å². The molecule has 0 saturated heterocycles. The fourth-order valence-electron chi connectivity index (χ4n) is 2.05. The summed E-state index contributed by atoms with van der Waals surface area (Å²) in [7, 11) is 0. The minimum absolute atomic E-state index is 0.443. The maximum absolute atomic E-state index is 11.2. The summed E-state index contributed by atoms with van der Waals surface area (Å²) in [6.45, 7) is 5.59. The van der Waals surface area contributed by atoms with Gasteiger partial charge in [0.1, 0.15) is 0 Å². The van der Waals surface area contributed by atoms with Crippen LogP contribution >= 0.6 is 0 Å². The van der Waals surface area contributed by atoms with Crippen LogP contribution in [-0.4, -0.2) is 17.1 Å². The first-order valence-electron chi connectivity index (χ1n) is 5.54. The predicted octanol–water partition coefficient (Wildman–Crippen LogP) is 2.41. The van der Waals surface area contributed by atoms with Crippen molar-refractivity contribution in [2.24, 2.45) is 0 Å². The summed E-state index contributed by atoms with van der Waals surface area (Å²) in [5.74, 6) is -0.793. The molecule has 0 amide bonds. The first-order valence-corrected chi connectivity index (χ1v) is 5.54. The quantitative estimate of drug-likeness (QED) is 0.803. The van der Waals surface area contributed by atoms with Gasteiger partial charge in [0.25, 0.3) is 0 Å². The third kappa shape index (κ3) is 1.66. The molecule has 0 radical (unpaired) electrons. The molecule has 2 N–H and O–H groups in total. The number of anilines is 1. The smallest absolute Gasteiger partial charge is 0.313 e. The van der Waals surface area contributed by atoms with Gasteiger partial charge < -0.3 is 10.4 Å². The Morgan fingerprint density at radius 2 is 2.19 bits per heavy atom. The lowest BCUT2D eigenvalue weighted by atomic mass is 9.84. The van der Waals surface area contributed by atoms with Crippen molar-refractivity contribution in [1.82, 2.24) is 0 Å². The highest BCUT2D eigenvalue weighted by atomic mass is 16.4. The zero-order valence-corrected chi connectivity index (χ0v) is 9.87. The van der Waals surface area contributed by atoms with Crippen LogP contribution in [0.3, 0.4) is 0 Å². The molecule has 0 saturated carbocycles. The first-order chi connectivity index (χ1) is 7.41. The molecule has 86 valence electrons. The lowest BCUT2D eigenvalue weighted by Gasteiger charge is -2.20. The lowest BCUT2D eigenvalue weighted by molar-refractivity contribution is -0.142.